The van der Waals surface area contributed by atoms with E-state index in [1.54, 1.807) is 18.2 Å². The molecule has 0 atom stereocenters. The van der Waals surface area contributed by atoms with Crippen molar-refractivity contribution in [3.05, 3.63) is 24.3 Å². The molecule has 0 unspecified atom stereocenters. The van der Waals surface area contributed by atoms with E-state index >= 15 is 0 Å². The summed E-state index contributed by atoms with van der Waals surface area (Å²) in [4.78, 5) is 26.0. The first-order valence-electron chi connectivity index (χ1n) is 7.28. The lowest BCUT2D eigenvalue weighted by Gasteiger charge is -2.21. The molecule has 1 aromatic carbocycles. The molecule has 0 fully saturated rings. The van der Waals surface area contributed by atoms with Crippen LogP contribution in [0.2, 0.25) is 0 Å². The van der Waals surface area contributed by atoms with Crippen LogP contribution in [0.4, 0.5) is 15.3 Å². The molecule has 1 rings (SSSR count). The van der Waals surface area contributed by atoms with Gasteiger partial charge in [-0.05, 0) is 18.6 Å². The van der Waals surface area contributed by atoms with Gasteiger partial charge in [-0.3, -0.25) is 4.90 Å². The maximum absolute atomic E-state index is 12.1. The minimum atomic E-state index is -1.10. The van der Waals surface area contributed by atoms with E-state index in [9.17, 15) is 14.7 Å². The zero-order valence-corrected chi connectivity index (χ0v) is 15.2. The molecule has 0 saturated carbocycles. The molecule has 24 heavy (non-hydrogen) atoms. The largest absolute Gasteiger partial charge is 0.465 e. The zero-order valence-electron chi connectivity index (χ0n) is 13.0. The van der Waals surface area contributed by atoms with Crippen molar-refractivity contribution < 1.29 is 19.4 Å². The minimum absolute atomic E-state index is 0.240. The number of rotatable bonds is 9. The molecule has 0 spiro atoms. The quantitative estimate of drug-likeness (QED) is 0.637. The van der Waals surface area contributed by atoms with Crippen LogP contribution in [-0.4, -0.2) is 59.5 Å². The van der Waals surface area contributed by atoms with Crippen LogP contribution in [0.5, 0.6) is 5.75 Å². The monoisotopic (exact) mass is 396 g/mol. The summed E-state index contributed by atoms with van der Waals surface area (Å²) in [6, 6.07) is 6.29. The van der Waals surface area contributed by atoms with Gasteiger partial charge >= 0.3 is 12.2 Å². The number of halogens is 3. The van der Waals surface area contributed by atoms with Crippen molar-refractivity contribution in [2.75, 3.05) is 42.2 Å². The van der Waals surface area contributed by atoms with Crippen molar-refractivity contribution in [2.45, 2.75) is 6.42 Å². The number of hydrogen-bond acceptors (Lipinski definition) is 3. The molecule has 6 nitrogen and oxygen atoms in total. The number of hydrogen-bond donors (Lipinski definition) is 1. The third-order valence-corrected chi connectivity index (χ3v) is 3.65. The van der Waals surface area contributed by atoms with E-state index in [0.717, 1.165) is 4.90 Å². The molecule has 0 radical (unpaired) electrons. The van der Waals surface area contributed by atoms with Crippen LogP contribution in [0.15, 0.2) is 24.3 Å². The molecule has 0 aromatic heterocycles. The van der Waals surface area contributed by atoms with Crippen LogP contribution >= 0.6 is 34.8 Å². The van der Waals surface area contributed by atoms with Gasteiger partial charge in [-0.1, -0.05) is 6.07 Å². The summed E-state index contributed by atoms with van der Waals surface area (Å²) in [5, 5.41) is 9.29. The Hall–Kier alpha value is -1.37. The first-order valence-corrected chi connectivity index (χ1v) is 8.89. The molecular formula is C15H19Cl3N2O4. The summed E-state index contributed by atoms with van der Waals surface area (Å²) in [5.41, 5.74) is 0.402. The molecule has 1 aromatic rings. The molecule has 9 heteroatoms. The van der Waals surface area contributed by atoms with Crippen molar-refractivity contribution in [2.24, 2.45) is 0 Å². The van der Waals surface area contributed by atoms with Gasteiger partial charge in [0.25, 0.3) is 0 Å². The lowest BCUT2D eigenvalue weighted by molar-refractivity contribution is 0.158. The highest BCUT2D eigenvalue weighted by molar-refractivity contribution is 6.18. The Kier molecular flexibility index (Phi) is 9.67. The summed E-state index contributed by atoms with van der Waals surface area (Å²) >= 11 is 16.9. The van der Waals surface area contributed by atoms with Crippen LogP contribution in [0, 0.1) is 0 Å². The first kappa shape index (κ1) is 20.7. The molecule has 0 aliphatic rings. The van der Waals surface area contributed by atoms with Crippen LogP contribution in [0.3, 0.4) is 0 Å². The van der Waals surface area contributed by atoms with Gasteiger partial charge in [0.15, 0.2) is 0 Å². The molecular weight excluding hydrogens is 379 g/mol. The summed E-state index contributed by atoms with van der Waals surface area (Å²) in [6.45, 7) is 0.869. The third-order valence-electron chi connectivity index (χ3n) is 3.05. The number of alkyl halides is 3. The Bertz CT molecular complexity index is 539. The normalized spacial score (nSPS) is 10.3. The lowest BCUT2D eigenvalue weighted by atomic mass is 10.2. The Morgan fingerprint density at radius 1 is 1.04 bits per heavy atom. The summed E-state index contributed by atoms with van der Waals surface area (Å²) in [5.74, 6) is 1.11. The van der Waals surface area contributed by atoms with E-state index in [4.69, 9.17) is 39.5 Å². The highest BCUT2D eigenvalue weighted by atomic mass is 35.5. The Labute approximate surface area is 155 Å². The number of anilines is 1. The molecule has 0 bridgehead atoms. The highest BCUT2D eigenvalue weighted by Crippen LogP contribution is 2.22. The highest BCUT2D eigenvalue weighted by Gasteiger charge is 2.17. The van der Waals surface area contributed by atoms with Crippen LogP contribution in [-0.2, 0) is 0 Å². The number of carboxylic acid groups (broad SMARTS) is 1. The smallest absolute Gasteiger partial charge is 0.415 e. The van der Waals surface area contributed by atoms with Crippen molar-refractivity contribution in [1.82, 2.24) is 4.90 Å². The van der Waals surface area contributed by atoms with Gasteiger partial charge in [0.1, 0.15) is 5.75 Å². The number of nitrogens with zero attached hydrogens (tertiary/aromatic N) is 2. The molecule has 0 heterocycles. The topological polar surface area (TPSA) is 70.1 Å². The van der Waals surface area contributed by atoms with Crippen molar-refractivity contribution >= 4 is 52.7 Å². The molecule has 0 aliphatic heterocycles. The summed E-state index contributed by atoms with van der Waals surface area (Å²) in [7, 11) is 0. The predicted molar refractivity (Wildman–Crippen MR) is 96.2 cm³/mol. The molecule has 0 saturated heterocycles. The standard InChI is InChI=1S/C15H19Cl3N2O4/c16-5-2-8-20(14(21)22)12-3-1-4-13(11-12)24-15(23)19(9-6-17)10-7-18/h1,3-4,11H,2,5-10H2,(H,21,22). The van der Waals surface area contributed by atoms with Gasteiger partial charge in [-0.15, -0.1) is 34.8 Å². The number of benzene rings is 1. The fraction of sp³-hybridized carbons (Fsp3) is 0.467. The second kappa shape index (κ2) is 11.2. The van der Waals surface area contributed by atoms with E-state index in [1.165, 1.54) is 11.0 Å². The zero-order chi connectivity index (χ0) is 17.9. The maximum atomic E-state index is 12.1. The lowest BCUT2D eigenvalue weighted by Crippen LogP contribution is -2.36. The number of carbonyl (C=O) groups excluding carboxylic acids is 1. The van der Waals surface area contributed by atoms with Gasteiger partial charge < -0.3 is 14.7 Å². The number of ether oxygens (including phenoxy) is 1. The summed E-state index contributed by atoms with van der Waals surface area (Å²) in [6.07, 6.45) is -1.18. The van der Waals surface area contributed by atoms with Gasteiger partial charge in [0.2, 0.25) is 0 Å². The van der Waals surface area contributed by atoms with E-state index in [2.05, 4.69) is 0 Å². The van der Waals surface area contributed by atoms with Crippen LogP contribution < -0.4 is 9.64 Å². The molecule has 1 N–H and O–H groups in total. The molecule has 0 aliphatic carbocycles. The first-order chi connectivity index (χ1) is 11.5. The molecule has 2 amide bonds. The fourth-order valence-electron chi connectivity index (χ4n) is 1.93. The van der Waals surface area contributed by atoms with Crippen molar-refractivity contribution in [3.63, 3.8) is 0 Å². The van der Waals surface area contributed by atoms with E-state index in [0.29, 0.717) is 31.1 Å². The Morgan fingerprint density at radius 3 is 2.25 bits per heavy atom. The number of carbonyl (C=O) groups is 2. The Morgan fingerprint density at radius 2 is 1.71 bits per heavy atom. The minimum Gasteiger partial charge on any atom is -0.465 e. The average Bonchev–Trinajstić information content (AvgIpc) is 2.55. The van der Waals surface area contributed by atoms with Crippen LogP contribution in [0.25, 0.3) is 0 Å². The van der Waals surface area contributed by atoms with Crippen molar-refractivity contribution in [3.8, 4) is 5.75 Å². The number of amides is 2. The third kappa shape index (κ3) is 6.63. The average molecular weight is 398 g/mol. The Balaban J connectivity index is 2.86. The van der Waals surface area contributed by atoms with Gasteiger partial charge in [0, 0.05) is 43.3 Å². The van der Waals surface area contributed by atoms with E-state index in [-0.39, 0.29) is 24.1 Å². The van der Waals surface area contributed by atoms with Gasteiger partial charge in [-0.2, -0.15) is 0 Å². The van der Waals surface area contributed by atoms with Gasteiger partial charge in [0.05, 0.1) is 5.69 Å². The van der Waals surface area contributed by atoms with Crippen LogP contribution in [0.1, 0.15) is 6.42 Å². The van der Waals surface area contributed by atoms with E-state index < -0.39 is 12.2 Å². The predicted octanol–water partition coefficient (Wildman–Crippen LogP) is 4.08. The van der Waals surface area contributed by atoms with E-state index in [1.807, 2.05) is 0 Å². The second-order valence-electron chi connectivity index (χ2n) is 4.71. The fourth-order valence-corrected chi connectivity index (χ4v) is 2.46. The SMILES string of the molecule is O=C(Oc1cccc(N(CCCCl)C(=O)O)c1)N(CCCl)CCCl. The summed E-state index contributed by atoms with van der Waals surface area (Å²) < 4.78 is 5.28. The molecule has 134 valence electrons. The van der Waals surface area contributed by atoms with Gasteiger partial charge in [-0.25, -0.2) is 9.59 Å². The maximum Gasteiger partial charge on any atom is 0.415 e. The van der Waals surface area contributed by atoms with Crippen molar-refractivity contribution in [1.29, 1.82) is 0 Å². The second-order valence-corrected chi connectivity index (χ2v) is 5.84.